The van der Waals surface area contributed by atoms with Gasteiger partial charge >= 0.3 is 0 Å². The van der Waals surface area contributed by atoms with Crippen molar-refractivity contribution in [1.82, 2.24) is 4.90 Å². The Labute approximate surface area is 139 Å². The Hall–Kier alpha value is -2.27. The summed E-state index contributed by atoms with van der Waals surface area (Å²) in [5.41, 5.74) is 0.843. The summed E-state index contributed by atoms with van der Waals surface area (Å²) < 4.78 is 32.6. The number of hydrogen-bond donors (Lipinski definition) is 0. The first-order valence-electron chi connectivity index (χ1n) is 8.04. The van der Waals surface area contributed by atoms with E-state index >= 15 is 0 Å². The molecule has 3 nitrogen and oxygen atoms in total. The normalized spacial score (nSPS) is 17.8. The summed E-state index contributed by atoms with van der Waals surface area (Å²) in [5, 5.41) is 0. The quantitative estimate of drug-likeness (QED) is 0.853. The minimum absolute atomic E-state index is 0.00161. The molecule has 0 spiro atoms. The Morgan fingerprint density at radius 2 is 1.92 bits per heavy atom. The number of ether oxygens (including phenoxy) is 1. The molecule has 1 aliphatic rings. The van der Waals surface area contributed by atoms with E-state index in [1.54, 1.807) is 17.0 Å². The van der Waals surface area contributed by atoms with E-state index < -0.39 is 11.6 Å². The second-order valence-corrected chi connectivity index (χ2v) is 5.91. The molecule has 2 aromatic carbocycles. The maximum atomic E-state index is 13.7. The van der Waals surface area contributed by atoms with Gasteiger partial charge in [0.15, 0.2) is 11.6 Å². The first kappa shape index (κ1) is 16.6. The summed E-state index contributed by atoms with van der Waals surface area (Å²) in [6.07, 6.45) is 1.46. The Balaban J connectivity index is 1.60. The van der Waals surface area contributed by atoms with Gasteiger partial charge in [0.1, 0.15) is 0 Å². The SMILES string of the molecule is O=C(c1ccccc1)N1CCC[C@@H](OCc2cccc(F)c2F)C1. The molecule has 0 unspecified atom stereocenters. The smallest absolute Gasteiger partial charge is 0.253 e. The summed E-state index contributed by atoms with van der Waals surface area (Å²) in [6.45, 7) is 1.15. The van der Waals surface area contributed by atoms with Crippen molar-refractivity contribution in [1.29, 1.82) is 0 Å². The molecular weight excluding hydrogens is 312 g/mol. The fourth-order valence-corrected chi connectivity index (χ4v) is 2.89. The van der Waals surface area contributed by atoms with Crippen LogP contribution in [0.5, 0.6) is 0 Å². The molecule has 0 aromatic heterocycles. The number of benzene rings is 2. The predicted octanol–water partition coefficient (Wildman–Crippen LogP) is 3.79. The van der Waals surface area contributed by atoms with E-state index in [9.17, 15) is 13.6 Å². The highest BCUT2D eigenvalue weighted by Gasteiger charge is 2.25. The number of hydrogen-bond acceptors (Lipinski definition) is 2. The molecule has 126 valence electrons. The molecule has 1 heterocycles. The van der Waals surface area contributed by atoms with Crippen molar-refractivity contribution in [3.05, 3.63) is 71.3 Å². The number of rotatable bonds is 4. The van der Waals surface area contributed by atoms with Crippen LogP contribution in [0.4, 0.5) is 8.78 Å². The number of carbonyl (C=O) groups is 1. The van der Waals surface area contributed by atoms with Crippen LogP contribution in [0.2, 0.25) is 0 Å². The highest BCUT2D eigenvalue weighted by molar-refractivity contribution is 5.94. The van der Waals surface area contributed by atoms with Crippen LogP contribution in [0.25, 0.3) is 0 Å². The van der Waals surface area contributed by atoms with Gasteiger partial charge in [0, 0.05) is 24.2 Å². The van der Waals surface area contributed by atoms with Crippen LogP contribution in [-0.4, -0.2) is 30.0 Å². The Bertz CT molecular complexity index is 706. The Morgan fingerprint density at radius 3 is 2.71 bits per heavy atom. The lowest BCUT2D eigenvalue weighted by molar-refractivity contribution is -0.00776. The summed E-state index contributed by atoms with van der Waals surface area (Å²) >= 11 is 0. The molecule has 5 heteroatoms. The molecular formula is C19H19F2NO2. The molecule has 3 rings (SSSR count). The number of amides is 1. The molecule has 0 N–H and O–H groups in total. The van der Waals surface area contributed by atoms with Crippen LogP contribution >= 0.6 is 0 Å². The minimum atomic E-state index is -0.874. The van der Waals surface area contributed by atoms with E-state index in [1.165, 1.54) is 12.1 Å². The van der Waals surface area contributed by atoms with E-state index in [2.05, 4.69) is 0 Å². The highest BCUT2D eigenvalue weighted by atomic mass is 19.2. The van der Waals surface area contributed by atoms with Gasteiger partial charge < -0.3 is 9.64 Å². The number of halogens is 2. The van der Waals surface area contributed by atoms with Gasteiger partial charge in [-0.25, -0.2) is 8.78 Å². The first-order valence-corrected chi connectivity index (χ1v) is 8.04. The van der Waals surface area contributed by atoms with Crippen LogP contribution in [0.15, 0.2) is 48.5 Å². The van der Waals surface area contributed by atoms with Crippen molar-refractivity contribution >= 4 is 5.91 Å². The zero-order valence-electron chi connectivity index (χ0n) is 13.3. The van der Waals surface area contributed by atoms with Gasteiger partial charge in [-0.05, 0) is 31.0 Å². The van der Waals surface area contributed by atoms with E-state index in [-0.39, 0.29) is 24.2 Å². The van der Waals surface area contributed by atoms with Crippen LogP contribution < -0.4 is 0 Å². The number of likely N-dealkylation sites (tertiary alicyclic amines) is 1. The van der Waals surface area contributed by atoms with E-state index in [0.29, 0.717) is 18.7 Å². The van der Waals surface area contributed by atoms with Gasteiger partial charge in [-0.3, -0.25) is 4.79 Å². The fraction of sp³-hybridized carbons (Fsp3) is 0.316. The van der Waals surface area contributed by atoms with Crippen LogP contribution in [0, 0.1) is 11.6 Å². The lowest BCUT2D eigenvalue weighted by Crippen LogP contribution is -2.43. The van der Waals surface area contributed by atoms with E-state index in [0.717, 1.165) is 18.9 Å². The molecule has 1 fully saturated rings. The summed E-state index contributed by atoms with van der Waals surface area (Å²) in [7, 11) is 0. The number of carbonyl (C=O) groups excluding carboxylic acids is 1. The molecule has 0 radical (unpaired) electrons. The molecule has 2 aromatic rings. The fourth-order valence-electron chi connectivity index (χ4n) is 2.89. The van der Waals surface area contributed by atoms with Gasteiger partial charge in [0.25, 0.3) is 5.91 Å². The average molecular weight is 331 g/mol. The topological polar surface area (TPSA) is 29.5 Å². The van der Waals surface area contributed by atoms with E-state index in [1.807, 2.05) is 18.2 Å². The van der Waals surface area contributed by atoms with Crippen molar-refractivity contribution in [2.75, 3.05) is 13.1 Å². The first-order chi connectivity index (χ1) is 11.6. The van der Waals surface area contributed by atoms with Crippen LogP contribution in [0.1, 0.15) is 28.8 Å². The van der Waals surface area contributed by atoms with Crippen molar-refractivity contribution < 1.29 is 18.3 Å². The molecule has 1 amide bonds. The maximum Gasteiger partial charge on any atom is 0.253 e. The standard InChI is InChI=1S/C19H19F2NO2/c20-17-10-4-8-15(18(17)21)13-24-16-9-5-11-22(12-16)19(23)14-6-2-1-3-7-14/h1-4,6-8,10,16H,5,9,11-13H2/t16-/m1/s1. The molecule has 24 heavy (non-hydrogen) atoms. The van der Waals surface area contributed by atoms with Crippen molar-refractivity contribution in [2.24, 2.45) is 0 Å². The third-order valence-corrected chi connectivity index (χ3v) is 4.19. The molecule has 1 atom stereocenters. The third-order valence-electron chi connectivity index (χ3n) is 4.19. The van der Waals surface area contributed by atoms with Crippen molar-refractivity contribution in [3.8, 4) is 0 Å². The molecule has 0 aliphatic carbocycles. The molecule has 0 bridgehead atoms. The second kappa shape index (κ2) is 7.53. The largest absolute Gasteiger partial charge is 0.372 e. The zero-order valence-corrected chi connectivity index (χ0v) is 13.3. The summed E-state index contributed by atoms with van der Waals surface area (Å²) in [5.74, 6) is -1.77. The monoisotopic (exact) mass is 331 g/mol. The molecule has 1 aliphatic heterocycles. The predicted molar refractivity (Wildman–Crippen MR) is 86.5 cm³/mol. The van der Waals surface area contributed by atoms with Crippen molar-refractivity contribution in [3.63, 3.8) is 0 Å². The van der Waals surface area contributed by atoms with Crippen molar-refractivity contribution in [2.45, 2.75) is 25.6 Å². The van der Waals surface area contributed by atoms with Gasteiger partial charge in [0.05, 0.1) is 12.7 Å². The van der Waals surface area contributed by atoms with Crippen LogP contribution in [0.3, 0.4) is 0 Å². The van der Waals surface area contributed by atoms with Crippen LogP contribution in [-0.2, 0) is 11.3 Å². The Morgan fingerprint density at radius 1 is 1.12 bits per heavy atom. The second-order valence-electron chi connectivity index (χ2n) is 5.91. The van der Waals surface area contributed by atoms with E-state index in [4.69, 9.17) is 4.74 Å². The lowest BCUT2D eigenvalue weighted by Gasteiger charge is -2.32. The van der Waals surface area contributed by atoms with Gasteiger partial charge in [-0.15, -0.1) is 0 Å². The number of nitrogens with zero attached hydrogens (tertiary/aromatic N) is 1. The third kappa shape index (κ3) is 3.79. The molecule has 0 saturated carbocycles. The van der Waals surface area contributed by atoms with Gasteiger partial charge in [0.2, 0.25) is 0 Å². The average Bonchev–Trinajstić information content (AvgIpc) is 2.63. The molecule has 1 saturated heterocycles. The zero-order chi connectivity index (χ0) is 16.9. The lowest BCUT2D eigenvalue weighted by atomic mass is 10.1. The summed E-state index contributed by atoms with van der Waals surface area (Å²) in [6, 6.07) is 13.2. The van der Waals surface area contributed by atoms with Gasteiger partial charge in [-0.1, -0.05) is 30.3 Å². The highest BCUT2D eigenvalue weighted by Crippen LogP contribution is 2.19. The Kier molecular flexibility index (Phi) is 5.20. The maximum absolute atomic E-state index is 13.7. The van der Waals surface area contributed by atoms with Gasteiger partial charge in [-0.2, -0.15) is 0 Å². The summed E-state index contributed by atoms with van der Waals surface area (Å²) in [4.78, 5) is 14.2. The minimum Gasteiger partial charge on any atom is -0.372 e. The number of piperidine rings is 1.